The Labute approximate surface area is 145 Å². The number of hydrogen-bond acceptors (Lipinski definition) is 2. The molecule has 0 radical (unpaired) electrons. The van der Waals surface area contributed by atoms with Gasteiger partial charge in [0.1, 0.15) is 5.84 Å². The van der Waals surface area contributed by atoms with E-state index in [0.29, 0.717) is 29.2 Å². The van der Waals surface area contributed by atoms with E-state index in [1.165, 1.54) is 12.1 Å². The summed E-state index contributed by atoms with van der Waals surface area (Å²) >= 11 is 0. The Hall–Kier alpha value is -2.63. The molecule has 6 heteroatoms. The molecule has 0 fully saturated rings. The van der Waals surface area contributed by atoms with Gasteiger partial charge in [-0.25, -0.2) is 0 Å². The van der Waals surface area contributed by atoms with Crippen molar-refractivity contribution in [1.29, 1.82) is 0 Å². The number of nitrogens with zero attached hydrogens (tertiary/aromatic N) is 2. The second-order valence-corrected chi connectivity index (χ2v) is 5.23. The molecule has 1 aliphatic rings. The van der Waals surface area contributed by atoms with Crippen LogP contribution in [-0.4, -0.2) is 18.6 Å². The van der Waals surface area contributed by atoms with Crippen LogP contribution in [0, 0.1) is 0 Å². The lowest BCUT2D eigenvalue weighted by Crippen LogP contribution is -2.13. The van der Waals surface area contributed by atoms with Gasteiger partial charge in [0.2, 0.25) is 0 Å². The summed E-state index contributed by atoms with van der Waals surface area (Å²) in [6, 6.07) is 10.9. The number of fused-ring (bicyclic) bond motifs is 1. The Balaban J connectivity index is 0.00000109. The average Bonchev–Trinajstić information content (AvgIpc) is 3.05. The van der Waals surface area contributed by atoms with Gasteiger partial charge in [-0.05, 0) is 17.7 Å². The highest BCUT2D eigenvalue weighted by atomic mass is 19.4. The molecule has 0 amide bonds. The van der Waals surface area contributed by atoms with Crippen molar-refractivity contribution in [2.24, 2.45) is 15.7 Å². The summed E-state index contributed by atoms with van der Waals surface area (Å²) in [5, 5.41) is 0. The Kier molecular flexibility index (Phi) is 5.62. The number of hydrogen-bond donors (Lipinski definition) is 1. The van der Waals surface area contributed by atoms with E-state index in [4.69, 9.17) is 5.73 Å². The molecule has 0 spiro atoms. The smallest absolute Gasteiger partial charge is 0.384 e. The largest absolute Gasteiger partial charge is 0.417 e. The first-order chi connectivity index (χ1) is 11.9. The molecule has 0 aromatic heterocycles. The minimum Gasteiger partial charge on any atom is -0.384 e. The monoisotopic (exact) mass is 347 g/mol. The quantitative estimate of drug-likeness (QED) is 0.619. The van der Waals surface area contributed by atoms with Gasteiger partial charge in [-0.3, -0.25) is 9.98 Å². The van der Waals surface area contributed by atoms with Gasteiger partial charge in [-0.2, -0.15) is 13.2 Å². The Morgan fingerprint density at radius 1 is 1.12 bits per heavy atom. The first-order valence-electron chi connectivity index (χ1n) is 8.00. The lowest BCUT2D eigenvalue weighted by Gasteiger charge is -2.12. The van der Waals surface area contributed by atoms with Crippen LogP contribution in [0.5, 0.6) is 0 Å². The second kappa shape index (κ2) is 7.51. The third-order valence-electron chi connectivity index (χ3n) is 3.78. The topological polar surface area (TPSA) is 50.7 Å². The highest BCUT2D eigenvalue weighted by Gasteiger charge is 2.34. The number of halogens is 3. The normalized spacial score (nSPS) is 13.7. The fourth-order valence-electron chi connectivity index (χ4n) is 2.61. The first kappa shape index (κ1) is 18.7. The van der Waals surface area contributed by atoms with E-state index in [9.17, 15) is 13.2 Å². The molecule has 1 heterocycles. The molecule has 2 aromatic carbocycles. The summed E-state index contributed by atoms with van der Waals surface area (Å²) in [4.78, 5) is 8.28. The van der Waals surface area contributed by atoms with Crippen LogP contribution in [0.2, 0.25) is 0 Å². The molecule has 1 aliphatic heterocycles. The number of alkyl halides is 3. The van der Waals surface area contributed by atoms with Gasteiger partial charge in [0.05, 0.1) is 17.0 Å². The van der Waals surface area contributed by atoms with E-state index in [2.05, 4.69) is 9.98 Å². The van der Waals surface area contributed by atoms with Gasteiger partial charge in [0, 0.05) is 24.6 Å². The molecule has 0 unspecified atom stereocenters. The van der Waals surface area contributed by atoms with E-state index in [-0.39, 0.29) is 5.56 Å². The molecule has 3 nitrogen and oxygen atoms in total. The van der Waals surface area contributed by atoms with E-state index in [0.717, 1.165) is 11.6 Å². The molecule has 25 heavy (non-hydrogen) atoms. The molecule has 132 valence electrons. The first-order valence-corrected chi connectivity index (χ1v) is 8.00. The van der Waals surface area contributed by atoms with Crippen molar-refractivity contribution in [3.63, 3.8) is 0 Å². The van der Waals surface area contributed by atoms with Gasteiger partial charge in [0.15, 0.2) is 0 Å². The second-order valence-electron chi connectivity index (χ2n) is 5.23. The number of rotatable bonds is 2. The summed E-state index contributed by atoms with van der Waals surface area (Å²) in [5.74, 6) is 0.368. The summed E-state index contributed by atoms with van der Waals surface area (Å²) in [5.41, 5.74) is 7.86. The number of amidine groups is 1. The van der Waals surface area contributed by atoms with E-state index in [1.807, 2.05) is 19.9 Å². The van der Waals surface area contributed by atoms with Crippen molar-refractivity contribution < 1.29 is 13.2 Å². The molecule has 0 aliphatic carbocycles. The lowest BCUT2D eigenvalue weighted by molar-refractivity contribution is -0.137. The summed E-state index contributed by atoms with van der Waals surface area (Å²) in [7, 11) is 1.58. The van der Waals surface area contributed by atoms with Crippen LogP contribution < -0.4 is 5.73 Å². The standard InChI is InChI=1S/C17H14F3N3.C2H6/c1-22-16(21)11-7-6-10-8-15(23-14(10)9-11)12-4-2-3-5-13(12)17(18,19)20;1-2/h2-7,9H,8H2,1H3,(H2,21,22);1-2H3. The molecular formula is C19H20F3N3. The van der Waals surface area contributed by atoms with Gasteiger partial charge < -0.3 is 5.73 Å². The predicted molar refractivity (Wildman–Crippen MR) is 95.8 cm³/mol. The molecule has 0 bridgehead atoms. The van der Waals surface area contributed by atoms with E-state index >= 15 is 0 Å². The fourth-order valence-corrected chi connectivity index (χ4v) is 2.61. The molecule has 2 aromatic rings. The predicted octanol–water partition coefficient (Wildman–Crippen LogP) is 4.74. The summed E-state index contributed by atoms with van der Waals surface area (Å²) in [6.45, 7) is 4.00. The zero-order valence-corrected chi connectivity index (χ0v) is 14.4. The highest BCUT2D eigenvalue weighted by molar-refractivity contribution is 6.08. The maximum atomic E-state index is 13.2. The van der Waals surface area contributed by atoms with Crippen LogP contribution in [0.3, 0.4) is 0 Å². The minimum atomic E-state index is -4.40. The summed E-state index contributed by atoms with van der Waals surface area (Å²) < 4.78 is 39.5. The zero-order valence-electron chi connectivity index (χ0n) is 14.4. The number of aliphatic imine (C=N–C) groups is 2. The molecule has 0 saturated carbocycles. The van der Waals surface area contributed by atoms with Crippen LogP contribution in [0.1, 0.15) is 36.1 Å². The van der Waals surface area contributed by atoms with Gasteiger partial charge in [-0.1, -0.05) is 44.2 Å². The van der Waals surface area contributed by atoms with Crippen LogP contribution in [0.4, 0.5) is 18.9 Å². The van der Waals surface area contributed by atoms with Gasteiger partial charge >= 0.3 is 6.18 Å². The zero-order chi connectivity index (χ0) is 18.6. The average molecular weight is 347 g/mol. The maximum absolute atomic E-state index is 13.2. The van der Waals surface area contributed by atoms with Crippen LogP contribution >= 0.6 is 0 Å². The van der Waals surface area contributed by atoms with E-state index < -0.39 is 11.7 Å². The Bertz CT molecular complexity index is 821. The molecular weight excluding hydrogens is 327 g/mol. The summed E-state index contributed by atoms with van der Waals surface area (Å²) in [6.07, 6.45) is -4.04. The van der Waals surface area contributed by atoms with Gasteiger partial charge in [0.25, 0.3) is 0 Å². The Morgan fingerprint density at radius 2 is 1.80 bits per heavy atom. The maximum Gasteiger partial charge on any atom is 0.417 e. The van der Waals surface area contributed by atoms with Gasteiger partial charge in [-0.15, -0.1) is 0 Å². The Morgan fingerprint density at radius 3 is 2.44 bits per heavy atom. The molecule has 0 saturated heterocycles. The van der Waals surface area contributed by atoms with Crippen LogP contribution in [0.15, 0.2) is 52.4 Å². The number of nitrogens with two attached hydrogens (primary N) is 1. The van der Waals surface area contributed by atoms with Crippen LogP contribution in [0.25, 0.3) is 0 Å². The van der Waals surface area contributed by atoms with E-state index in [1.54, 1.807) is 25.2 Å². The van der Waals surface area contributed by atoms with Crippen molar-refractivity contribution >= 4 is 17.2 Å². The number of benzene rings is 2. The SMILES string of the molecule is CC.CN=C(N)c1ccc2c(c1)N=C(c1ccccc1C(F)(F)F)C2. The third-order valence-corrected chi connectivity index (χ3v) is 3.78. The lowest BCUT2D eigenvalue weighted by atomic mass is 9.98. The van der Waals surface area contributed by atoms with Crippen molar-refractivity contribution in [2.45, 2.75) is 26.4 Å². The van der Waals surface area contributed by atoms with Crippen molar-refractivity contribution in [3.8, 4) is 0 Å². The third kappa shape index (κ3) is 3.90. The minimum absolute atomic E-state index is 0.120. The molecule has 3 rings (SSSR count). The van der Waals surface area contributed by atoms with Crippen molar-refractivity contribution in [1.82, 2.24) is 0 Å². The highest BCUT2D eigenvalue weighted by Crippen LogP contribution is 2.36. The van der Waals surface area contributed by atoms with Crippen molar-refractivity contribution in [3.05, 3.63) is 64.7 Å². The fraction of sp³-hybridized carbons (Fsp3) is 0.263. The van der Waals surface area contributed by atoms with Crippen molar-refractivity contribution in [2.75, 3.05) is 7.05 Å². The molecule has 2 N–H and O–H groups in total. The van der Waals surface area contributed by atoms with Crippen LogP contribution in [-0.2, 0) is 12.6 Å². The molecule has 0 atom stereocenters.